The number of fused-ring (bicyclic) bond motifs is 7. The molecule has 0 N–H and O–H groups in total. The molecule has 128 valence electrons. The quantitative estimate of drug-likeness (QED) is 0.544. The molecule has 2 saturated carbocycles. The Morgan fingerprint density at radius 1 is 1.29 bits per heavy atom. The molecule has 3 fully saturated rings. The number of ether oxygens (including phenoxy) is 1. The van der Waals surface area contributed by atoms with Crippen molar-refractivity contribution in [3.05, 3.63) is 23.3 Å². The van der Waals surface area contributed by atoms with Crippen LogP contribution in [-0.2, 0) is 14.3 Å². The molecule has 0 aromatic carbocycles. The summed E-state index contributed by atoms with van der Waals surface area (Å²) < 4.78 is 5.97. The van der Waals surface area contributed by atoms with Gasteiger partial charge in [-0.2, -0.15) is 0 Å². The molecule has 1 aliphatic heterocycles. The normalized spacial score (nSPS) is 51.6. The lowest BCUT2D eigenvalue weighted by Gasteiger charge is -2.53. The molecule has 0 amide bonds. The van der Waals surface area contributed by atoms with Crippen LogP contribution in [0.1, 0.15) is 59.3 Å². The van der Waals surface area contributed by atoms with Crippen LogP contribution in [0.4, 0.5) is 0 Å². The van der Waals surface area contributed by atoms with Gasteiger partial charge < -0.3 is 4.74 Å². The fraction of sp³-hybridized carbons (Fsp3) is 0.714. The number of epoxide rings is 1. The zero-order valence-corrected chi connectivity index (χ0v) is 14.9. The van der Waals surface area contributed by atoms with Crippen molar-refractivity contribution in [1.82, 2.24) is 0 Å². The van der Waals surface area contributed by atoms with Crippen LogP contribution in [0.3, 0.4) is 0 Å². The SMILES string of the molecule is CC(=O)[C@@]12OC1C[C@H]1[C@@H]3CCC4=CC(=O)CC[C@]4(C)C3=CC[C@@]12C. The summed E-state index contributed by atoms with van der Waals surface area (Å²) in [5.41, 5.74) is 2.45. The molecule has 0 bridgehead atoms. The van der Waals surface area contributed by atoms with Crippen LogP contribution in [0.2, 0.25) is 0 Å². The average molecular weight is 326 g/mol. The fourth-order valence-electron chi connectivity index (χ4n) is 6.93. The Hall–Kier alpha value is -1.22. The molecular formula is C21H26O3. The third kappa shape index (κ3) is 1.49. The molecule has 3 nitrogen and oxygen atoms in total. The molecule has 6 atom stereocenters. The largest absolute Gasteiger partial charge is 0.357 e. The summed E-state index contributed by atoms with van der Waals surface area (Å²) in [7, 11) is 0. The number of allylic oxidation sites excluding steroid dienone is 4. The van der Waals surface area contributed by atoms with Crippen molar-refractivity contribution in [2.75, 3.05) is 0 Å². The molecular weight excluding hydrogens is 300 g/mol. The first kappa shape index (κ1) is 15.1. The summed E-state index contributed by atoms with van der Waals surface area (Å²) >= 11 is 0. The standard InChI is InChI=1S/C21H26O3/c1-12(22)21-18(24-21)11-17-15-5-4-13-10-14(23)6-8-19(13,2)16(15)7-9-20(17,21)3/h7,10,15,17-18H,4-6,8-9,11H2,1-3H3/t15-,17+,18?,19+,20+,21-/m1/s1. The summed E-state index contributed by atoms with van der Waals surface area (Å²) in [6.07, 6.45) is 10.3. The van der Waals surface area contributed by atoms with Crippen LogP contribution < -0.4 is 0 Å². The Morgan fingerprint density at radius 2 is 2.08 bits per heavy atom. The number of hydrogen-bond donors (Lipinski definition) is 0. The molecule has 5 rings (SSSR count). The van der Waals surface area contributed by atoms with Crippen LogP contribution >= 0.6 is 0 Å². The third-order valence-electron chi connectivity index (χ3n) is 8.29. The van der Waals surface area contributed by atoms with E-state index >= 15 is 0 Å². The van der Waals surface area contributed by atoms with Gasteiger partial charge in [0.1, 0.15) is 0 Å². The summed E-state index contributed by atoms with van der Waals surface area (Å²) in [6.45, 7) is 6.35. The van der Waals surface area contributed by atoms with Crippen LogP contribution in [0, 0.1) is 22.7 Å². The highest BCUT2D eigenvalue weighted by Gasteiger charge is 2.78. The first-order valence-corrected chi connectivity index (χ1v) is 9.46. The highest BCUT2D eigenvalue weighted by molar-refractivity contribution is 5.92. The van der Waals surface area contributed by atoms with Crippen molar-refractivity contribution in [3.8, 4) is 0 Å². The van der Waals surface area contributed by atoms with E-state index in [1.165, 1.54) is 5.57 Å². The van der Waals surface area contributed by atoms with E-state index in [4.69, 9.17) is 4.74 Å². The second-order valence-corrected chi connectivity index (χ2v) is 9.13. The van der Waals surface area contributed by atoms with Gasteiger partial charge in [0.2, 0.25) is 0 Å². The van der Waals surface area contributed by atoms with Gasteiger partial charge in [-0.05, 0) is 56.9 Å². The topological polar surface area (TPSA) is 46.7 Å². The van der Waals surface area contributed by atoms with E-state index in [0.717, 1.165) is 32.1 Å². The molecule has 0 radical (unpaired) electrons. The summed E-state index contributed by atoms with van der Waals surface area (Å²) in [5.74, 6) is 1.64. The minimum absolute atomic E-state index is 0.0419. The van der Waals surface area contributed by atoms with Crippen LogP contribution in [0.15, 0.2) is 23.3 Å². The fourth-order valence-corrected chi connectivity index (χ4v) is 6.93. The van der Waals surface area contributed by atoms with E-state index in [1.54, 1.807) is 12.5 Å². The lowest BCUT2D eigenvalue weighted by molar-refractivity contribution is -0.129. The van der Waals surface area contributed by atoms with Gasteiger partial charge in [-0.15, -0.1) is 0 Å². The lowest BCUT2D eigenvalue weighted by atomic mass is 9.50. The molecule has 1 saturated heterocycles. The summed E-state index contributed by atoms with van der Waals surface area (Å²) in [6, 6.07) is 0. The van der Waals surface area contributed by atoms with Gasteiger partial charge in [0.05, 0.1) is 6.10 Å². The Kier molecular flexibility index (Phi) is 2.70. The van der Waals surface area contributed by atoms with Gasteiger partial charge >= 0.3 is 0 Å². The number of ketones is 2. The van der Waals surface area contributed by atoms with Crippen LogP contribution in [0.25, 0.3) is 0 Å². The van der Waals surface area contributed by atoms with Crippen molar-refractivity contribution in [2.45, 2.75) is 71.0 Å². The molecule has 4 aliphatic carbocycles. The van der Waals surface area contributed by atoms with E-state index in [0.29, 0.717) is 24.0 Å². The molecule has 5 aliphatic rings. The third-order valence-corrected chi connectivity index (χ3v) is 8.29. The zero-order valence-electron chi connectivity index (χ0n) is 14.9. The maximum Gasteiger partial charge on any atom is 0.164 e. The monoisotopic (exact) mass is 326 g/mol. The molecule has 0 spiro atoms. The Balaban J connectivity index is 1.58. The summed E-state index contributed by atoms with van der Waals surface area (Å²) in [5, 5.41) is 0. The van der Waals surface area contributed by atoms with E-state index in [2.05, 4.69) is 19.9 Å². The maximum atomic E-state index is 12.4. The smallest absolute Gasteiger partial charge is 0.164 e. The van der Waals surface area contributed by atoms with E-state index in [9.17, 15) is 9.59 Å². The van der Waals surface area contributed by atoms with Crippen LogP contribution in [0.5, 0.6) is 0 Å². The first-order chi connectivity index (χ1) is 11.3. The molecule has 1 unspecified atom stereocenters. The molecule has 0 aromatic heterocycles. The zero-order chi connectivity index (χ0) is 16.9. The second-order valence-electron chi connectivity index (χ2n) is 9.13. The van der Waals surface area contributed by atoms with E-state index in [-0.39, 0.29) is 22.7 Å². The van der Waals surface area contributed by atoms with Crippen molar-refractivity contribution in [2.24, 2.45) is 22.7 Å². The van der Waals surface area contributed by atoms with Crippen molar-refractivity contribution in [1.29, 1.82) is 0 Å². The Bertz CT molecular complexity index is 731. The van der Waals surface area contributed by atoms with Gasteiger partial charge in [-0.25, -0.2) is 0 Å². The molecule has 24 heavy (non-hydrogen) atoms. The van der Waals surface area contributed by atoms with Crippen molar-refractivity contribution < 1.29 is 14.3 Å². The van der Waals surface area contributed by atoms with Gasteiger partial charge in [0.15, 0.2) is 17.2 Å². The van der Waals surface area contributed by atoms with Gasteiger partial charge in [0, 0.05) is 17.3 Å². The number of hydrogen-bond acceptors (Lipinski definition) is 3. The summed E-state index contributed by atoms with van der Waals surface area (Å²) in [4.78, 5) is 24.2. The second kappa shape index (κ2) is 4.30. The minimum atomic E-state index is -0.501. The maximum absolute atomic E-state index is 12.4. The van der Waals surface area contributed by atoms with Gasteiger partial charge in [0.25, 0.3) is 0 Å². The number of carbonyl (C=O) groups excluding carboxylic acids is 2. The molecule has 1 heterocycles. The van der Waals surface area contributed by atoms with Crippen LogP contribution in [-0.4, -0.2) is 23.3 Å². The number of carbonyl (C=O) groups is 2. The minimum Gasteiger partial charge on any atom is -0.357 e. The van der Waals surface area contributed by atoms with E-state index < -0.39 is 5.60 Å². The predicted molar refractivity (Wildman–Crippen MR) is 90.4 cm³/mol. The highest BCUT2D eigenvalue weighted by Crippen LogP contribution is 2.72. The first-order valence-electron chi connectivity index (χ1n) is 9.46. The van der Waals surface area contributed by atoms with Gasteiger partial charge in [-0.3, -0.25) is 9.59 Å². The Labute approximate surface area is 143 Å². The van der Waals surface area contributed by atoms with Gasteiger partial charge in [-0.1, -0.05) is 31.1 Å². The Morgan fingerprint density at radius 3 is 2.83 bits per heavy atom. The molecule has 0 aromatic rings. The van der Waals surface area contributed by atoms with E-state index in [1.807, 2.05) is 6.08 Å². The number of Topliss-reactive ketones (excluding diaryl/α,β-unsaturated/α-hetero) is 1. The van der Waals surface area contributed by atoms with Crippen molar-refractivity contribution in [3.63, 3.8) is 0 Å². The highest BCUT2D eigenvalue weighted by atomic mass is 16.6. The molecule has 3 heteroatoms. The number of rotatable bonds is 1. The van der Waals surface area contributed by atoms with Crippen molar-refractivity contribution >= 4 is 11.6 Å². The average Bonchev–Trinajstić information content (AvgIpc) is 3.21. The predicted octanol–water partition coefficient (Wildman–Crippen LogP) is 3.77. The lowest BCUT2D eigenvalue weighted by Crippen LogP contribution is -2.50.